The van der Waals surface area contributed by atoms with Gasteiger partial charge in [0.15, 0.2) is 11.6 Å². The molecule has 2 aromatic carbocycles. The Morgan fingerprint density at radius 1 is 1.06 bits per heavy atom. The summed E-state index contributed by atoms with van der Waals surface area (Å²) in [7, 11) is 2.00. The minimum atomic E-state index is -4.92. The van der Waals surface area contributed by atoms with Crippen LogP contribution in [0.3, 0.4) is 0 Å². The smallest absolute Gasteiger partial charge is 0.404 e. The zero-order chi connectivity index (χ0) is 25.4. The molecule has 0 saturated carbocycles. The van der Waals surface area contributed by atoms with Gasteiger partial charge in [0.2, 0.25) is 5.95 Å². The number of anilines is 3. The SMILES string of the molecule is CN1CCN(c2ccc(OC(F)(F)F)c(Nc3ncc(F)c(-c4ccc5c(c4)C(=O)N=C5)n3)c2)CC1. The Balaban J connectivity index is 1.48. The van der Waals surface area contributed by atoms with E-state index in [9.17, 15) is 22.4 Å². The molecule has 0 atom stereocenters. The van der Waals surface area contributed by atoms with E-state index in [1.54, 1.807) is 18.2 Å². The van der Waals surface area contributed by atoms with Crippen LogP contribution in [-0.2, 0) is 0 Å². The zero-order valence-corrected chi connectivity index (χ0v) is 19.0. The molecule has 2 aliphatic heterocycles. The molecular weight excluding hydrogens is 480 g/mol. The van der Waals surface area contributed by atoms with E-state index in [2.05, 4.69) is 29.9 Å². The van der Waals surface area contributed by atoms with Crippen molar-refractivity contribution in [3.8, 4) is 17.0 Å². The molecule has 1 saturated heterocycles. The van der Waals surface area contributed by atoms with Gasteiger partial charge in [-0.25, -0.2) is 19.4 Å². The maximum Gasteiger partial charge on any atom is 0.573 e. The lowest BCUT2D eigenvalue weighted by atomic mass is 10.0. The van der Waals surface area contributed by atoms with Gasteiger partial charge in [-0.3, -0.25) is 4.79 Å². The van der Waals surface area contributed by atoms with Crippen LogP contribution in [0.1, 0.15) is 15.9 Å². The maximum absolute atomic E-state index is 14.6. The highest BCUT2D eigenvalue weighted by atomic mass is 19.4. The fourth-order valence-electron chi connectivity index (χ4n) is 4.04. The first-order valence-electron chi connectivity index (χ1n) is 11.0. The Labute approximate surface area is 203 Å². The van der Waals surface area contributed by atoms with Crippen LogP contribution in [-0.4, -0.2) is 66.6 Å². The number of ether oxygens (including phenoxy) is 1. The molecule has 36 heavy (non-hydrogen) atoms. The number of nitrogens with zero attached hydrogens (tertiary/aromatic N) is 5. The first-order chi connectivity index (χ1) is 17.2. The van der Waals surface area contributed by atoms with Crippen LogP contribution in [0.2, 0.25) is 0 Å². The number of rotatable bonds is 5. The third kappa shape index (κ3) is 4.98. The molecule has 8 nitrogen and oxygen atoms in total. The lowest BCUT2D eigenvalue weighted by Gasteiger charge is -2.34. The van der Waals surface area contributed by atoms with Crippen LogP contribution in [0.5, 0.6) is 5.75 Å². The van der Waals surface area contributed by atoms with Crippen LogP contribution in [0.15, 0.2) is 47.6 Å². The number of aromatic nitrogens is 2. The first-order valence-corrected chi connectivity index (χ1v) is 11.0. The Morgan fingerprint density at radius 2 is 1.83 bits per heavy atom. The number of benzene rings is 2. The monoisotopic (exact) mass is 500 g/mol. The van der Waals surface area contributed by atoms with Crippen molar-refractivity contribution < 1.29 is 27.1 Å². The normalized spacial score (nSPS) is 15.8. The minimum Gasteiger partial charge on any atom is -0.404 e. The molecule has 12 heteroatoms. The second-order valence-electron chi connectivity index (χ2n) is 8.40. The fraction of sp³-hybridized carbons (Fsp3) is 0.250. The summed E-state index contributed by atoms with van der Waals surface area (Å²) in [5.41, 5.74) is 1.75. The van der Waals surface area contributed by atoms with Gasteiger partial charge in [0.1, 0.15) is 5.69 Å². The molecule has 1 aromatic heterocycles. The van der Waals surface area contributed by atoms with Gasteiger partial charge >= 0.3 is 6.36 Å². The molecule has 0 unspecified atom stereocenters. The predicted molar refractivity (Wildman–Crippen MR) is 125 cm³/mol. The standard InChI is InChI=1S/C24H20F4N6O2/c1-33-6-8-34(9-7-33)16-4-5-20(36-24(26,27)28)19(11-16)31-23-30-13-18(25)21(32-23)14-2-3-15-12-29-22(35)17(15)10-14/h2-5,10-13H,6-9H2,1H3,(H,30,31,32). The second kappa shape index (κ2) is 9.19. The molecule has 0 radical (unpaired) electrons. The number of hydrogen-bond donors (Lipinski definition) is 1. The summed E-state index contributed by atoms with van der Waals surface area (Å²) in [5, 5.41) is 2.74. The number of carbonyl (C=O) groups is 1. The summed E-state index contributed by atoms with van der Waals surface area (Å²) in [6.45, 7) is 3.02. The van der Waals surface area contributed by atoms with E-state index in [1.165, 1.54) is 24.4 Å². The predicted octanol–water partition coefficient (Wildman–Crippen LogP) is 4.25. The summed E-state index contributed by atoms with van der Waals surface area (Å²) >= 11 is 0. The van der Waals surface area contributed by atoms with Crippen LogP contribution in [0.4, 0.5) is 34.9 Å². The van der Waals surface area contributed by atoms with Gasteiger partial charge in [-0.05, 0) is 31.3 Å². The van der Waals surface area contributed by atoms with Gasteiger partial charge in [-0.15, -0.1) is 13.2 Å². The van der Waals surface area contributed by atoms with E-state index < -0.39 is 23.8 Å². The number of fused-ring (bicyclic) bond motifs is 1. The summed E-state index contributed by atoms with van der Waals surface area (Å²) in [5.74, 6) is -1.83. The van der Waals surface area contributed by atoms with Crippen molar-refractivity contribution in [2.24, 2.45) is 4.99 Å². The highest BCUT2D eigenvalue weighted by Crippen LogP contribution is 2.36. The number of carbonyl (C=O) groups excluding carboxylic acids is 1. The van der Waals surface area contributed by atoms with E-state index >= 15 is 0 Å². The average Bonchev–Trinajstić information content (AvgIpc) is 3.21. The molecule has 1 fully saturated rings. The summed E-state index contributed by atoms with van der Waals surface area (Å²) in [6, 6.07) is 8.95. The lowest BCUT2D eigenvalue weighted by molar-refractivity contribution is -0.274. The van der Waals surface area contributed by atoms with Gasteiger partial charge < -0.3 is 19.9 Å². The number of amides is 1. The molecule has 186 valence electrons. The highest BCUT2D eigenvalue weighted by Gasteiger charge is 2.32. The van der Waals surface area contributed by atoms with E-state index in [-0.39, 0.29) is 17.3 Å². The van der Waals surface area contributed by atoms with Crippen LogP contribution >= 0.6 is 0 Å². The second-order valence-corrected chi connectivity index (χ2v) is 8.40. The zero-order valence-electron chi connectivity index (χ0n) is 19.0. The number of likely N-dealkylation sites (N-methyl/N-ethyl adjacent to an activating group) is 1. The molecule has 3 aromatic rings. The topological polar surface area (TPSA) is 83.0 Å². The molecule has 1 N–H and O–H groups in total. The van der Waals surface area contributed by atoms with E-state index in [0.717, 1.165) is 19.3 Å². The number of hydrogen-bond acceptors (Lipinski definition) is 7. The van der Waals surface area contributed by atoms with Crippen molar-refractivity contribution in [3.63, 3.8) is 0 Å². The molecule has 0 spiro atoms. The third-order valence-electron chi connectivity index (χ3n) is 5.93. The largest absolute Gasteiger partial charge is 0.573 e. The van der Waals surface area contributed by atoms with Gasteiger partial charge in [0, 0.05) is 49.2 Å². The Bertz CT molecular complexity index is 1350. The number of piperazine rings is 1. The van der Waals surface area contributed by atoms with Crippen molar-refractivity contribution >= 4 is 29.4 Å². The number of alkyl halides is 3. The average molecular weight is 500 g/mol. The molecule has 5 rings (SSSR count). The van der Waals surface area contributed by atoms with Crippen LogP contribution in [0.25, 0.3) is 11.3 Å². The summed E-state index contributed by atoms with van der Waals surface area (Å²) < 4.78 is 58.0. The lowest BCUT2D eigenvalue weighted by Crippen LogP contribution is -2.44. The number of nitrogens with one attached hydrogen (secondary N) is 1. The van der Waals surface area contributed by atoms with Gasteiger partial charge in [0.25, 0.3) is 5.91 Å². The molecular formula is C24H20F4N6O2. The molecule has 0 bridgehead atoms. The fourth-order valence-corrected chi connectivity index (χ4v) is 4.04. The van der Waals surface area contributed by atoms with Crippen molar-refractivity contribution in [2.45, 2.75) is 6.36 Å². The van der Waals surface area contributed by atoms with Crippen molar-refractivity contribution in [3.05, 3.63) is 59.5 Å². The van der Waals surface area contributed by atoms with Crippen molar-refractivity contribution in [2.75, 3.05) is 43.4 Å². The molecule has 3 heterocycles. The molecule has 2 aliphatic rings. The van der Waals surface area contributed by atoms with Gasteiger partial charge in [-0.2, -0.15) is 0 Å². The Kier molecular flexibility index (Phi) is 6.04. The van der Waals surface area contributed by atoms with Gasteiger partial charge in [-0.1, -0.05) is 12.1 Å². The Hall–Kier alpha value is -4.06. The third-order valence-corrected chi connectivity index (χ3v) is 5.93. The van der Waals surface area contributed by atoms with Crippen molar-refractivity contribution in [1.29, 1.82) is 0 Å². The number of halogens is 4. The maximum atomic E-state index is 14.6. The minimum absolute atomic E-state index is 0.0288. The van der Waals surface area contributed by atoms with E-state index in [4.69, 9.17) is 0 Å². The summed E-state index contributed by atoms with van der Waals surface area (Å²) in [6.07, 6.45) is -2.59. The molecule has 0 aliphatic carbocycles. The highest BCUT2D eigenvalue weighted by molar-refractivity contribution is 6.13. The quantitative estimate of drug-likeness (QED) is 0.525. The van der Waals surface area contributed by atoms with E-state index in [1.807, 2.05) is 11.9 Å². The summed E-state index contributed by atoms with van der Waals surface area (Å²) in [4.78, 5) is 27.9. The molecule has 1 amide bonds. The van der Waals surface area contributed by atoms with E-state index in [0.29, 0.717) is 35.5 Å². The van der Waals surface area contributed by atoms with Crippen LogP contribution in [0, 0.1) is 5.82 Å². The Morgan fingerprint density at radius 3 is 2.58 bits per heavy atom. The first kappa shape index (κ1) is 23.7. The number of aliphatic imine (C=N–C) groups is 1. The van der Waals surface area contributed by atoms with Gasteiger partial charge in [0.05, 0.1) is 17.4 Å². The van der Waals surface area contributed by atoms with Crippen molar-refractivity contribution in [1.82, 2.24) is 14.9 Å². The van der Waals surface area contributed by atoms with Crippen LogP contribution < -0.4 is 15.0 Å².